The molecule has 60 valence electrons. The van der Waals surface area contributed by atoms with Crippen LogP contribution in [0.25, 0.3) is 0 Å². The van der Waals surface area contributed by atoms with Gasteiger partial charge in [-0.1, -0.05) is 0 Å². The van der Waals surface area contributed by atoms with Gasteiger partial charge in [0.05, 0.1) is 10.2 Å². The molecule has 2 unspecified atom stereocenters. The molecule has 0 aromatic carbocycles. The van der Waals surface area contributed by atoms with Crippen LogP contribution < -0.4 is 0 Å². The van der Waals surface area contributed by atoms with Gasteiger partial charge in [0.15, 0.2) is 11.1 Å². The fourth-order valence-corrected chi connectivity index (χ4v) is 2.11. The summed E-state index contributed by atoms with van der Waals surface area (Å²) < 4.78 is 24.1. The van der Waals surface area contributed by atoms with Crippen molar-refractivity contribution >= 4 is 21.3 Å². The molecule has 10 heavy (non-hydrogen) atoms. The lowest BCUT2D eigenvalue weighted by atomic mass is 10.2. The summed E-state index contributed by atoms with van der Waals surface area (Å²) in [6, 6.07) is 0. The van der Waals surface area contributed by atoms with E-state index in [0.29, 0.717) is 16.8 Å². The highest BCUT2D eigenvalue weighted by Crippen LogP contribution is 2.23. The Bertz CT molecular complexity index is 144. The van der Waals surface area contributed by atoms with Crippen LogP contribution in [0.1, 0.15) is 19.3 Å². The molecule has 0 radical (unpaired) electrons. The Morgan fingerprint density at radius 3 is 2.60 bits per heavy atom. The Balaban J connectivity index is 2.56. The van der Waals surface area contributed by atoms with E-state index in [1.807, 2.05) is 0 Å². The molecule has 0 aliphatic carbocycles. The number of hydrogen-bond donors (Lipinski definition) is 1. The lowest BCUT2D eigenvalue weighted by Crippen LogP contribution is -2.40. The normalized spacial score (nSPS) is 37.7. The molecule has 0 aromatic rings. The third-order valence-electron chi connectivity index (χ3n) is 1.80. The molecule has 3 nitrogen and oxygen atoms in total. The molecule has 1 fully saturated rings. The summed E-state index contributed by atoms with van der Waals surface area (Å²) in [4.78, 5) is 0. The molecule has 0 amide bonds. The minimum atomic E-state index is -1.78. The van der Waals surface area contributed by atoms with Crippen LogP contribution in [0.15, 0.2) is 0 Å². The van der Waals surface area contributed by atoms with Crippen LogP contribution in [0.5, 0.6) is 0 Å². The Hall–Kier alpha value is 0.287. The second-order valence-corrected chi connectivity index (χ2v) is 6.39. The van der Waals surface area contributed by atoms with Crippen molar-refractivity contribution in [1.29, 1.82) is 0 Å². The first-order chi connectivity index (χ1) is 4.65. The van der Waals surface area contributed by atoms with Crippen molar-refractivity contribution < 1.29 is 13.5 Å². The molecule has 1 saturated heterocycles. The predicted octanol–water partition coefficient (Wildman–Crippen LogP) is -0.572. The maximum atomic E-state index is 10.7. The van der Waals surface area contributed by atoms with E-state index in [9.17, 15) is 4.21 Å². The fourth-order valence-electron chi connectivity index (χ4n) is 1.05. The minimum Gasteiger partial charge on any atom is -0.364 e. The van der Waals surface area contributed by atoms with Crippen molar-refractivity contribution in [2.45, 2.75) is 23.8 Å². The van der Waals surface area contributed by atoms with Crippen LogP contribution in [-0.4, -0.2) is 30.2 Å². The average molecular weight is 180 g/mol. The SMILES string of the molecule is O=S(O)C1([SiH3])CCCCO1. The third kappa shape index (κ3) is 1.66. The molecule has 0 saturated carbocycles. The summed E-state index contributed by atoms with van der Waals surface area (Å²) in [6.07, 6.45) is 2.80. The van der Waals surface area contributed by atoms with E-state index in [4.69, 9.17) is 9.29 Å². The van der Waals surface area contributed by atoms with Gasteiger partial charge in [-0.2, -0.15) is 0 Å². The van der Waals surface area contributed by atoms with E-state index in [1.54, 1.807) is 0 Å². The average Bonchev–Trinajstić information content (AvgIpc) is 1.89. The van der Waals surface area contributed by atoms with Crippen molar-refractivity contribution in [1.82, 2.24) is 0 Å². The molecule has 0 aromatic heterocycles. The first-order valence-electron chi connectivity index (χ1n) is 3.40. The van der Waals surface area contributed by atoms with Crippen molar-refractivity contribution in [3.63, 3.8) is 0 Å². The van der Waals surface area contributed by atoms with Crippen molar-refractivity contribution in [3.8, 4) is 0 Å². The number of rotatable bonds is 1. The van der Waals surface area contributed by atoms with E-state index in [0.717, 1.165) is 19.3 Å². The molecular weight excluding hydrogens is 168 g/mol. The molecule has 1 rings (SSSR count). The van der Waals surface area contributed by atoms with Gasteiger partial charge in [0, 0.05) is 6.61 Å². The van der Waals surface area contributed by atoms with Crippen LogP contribution in [0, 0.1) is 0 Å². The Morgan fingerprint density at radius 1 is 1.60 bits per heavy atom. The summed E-state index contributed by atoms with van der Waals surface area (Å²) in [7, 11) is 0.642. The topological polar surface area (TPSA) is 46.5 Å². The predicted molar refractivity (Wildman–Crippen MR) is 43.2 cm³/mol. The summed E-state index contributed by atoms with van der Waals surface area (Å²) in [5.74, 6) is 0. The summed E-state index contributed by atoms with van der Waals surface area (Å²) in [5.41, 5.74) is 0. The monoisotopic (exact) mass is 180 g/mol. The number of ether oxygens (including phenoxy) is 1. The van der Waals surface area contributed by atoms with E-state index >= 15 is 0 Å². The molecule has 0 spiro atoms. The van der Waals surface area contributed by atoms with Crippen molar-refractivity contribution in [2.24, 2.45) is 0 Å². The van der Waals surface area contributed by atoms with Gasteiger partial charge in [0.1, 0.15) is 4.56 Å². The first-order valence-corrected chi connectivity index (χ1v) is 5.51. The van der Waals surface area contributed by atoms with Crippen molar-refractivity contribution in [3.05, 3.63) is 0 Å². The quantitative estimate of drug-likeness (QED) is 0.434. The molecule has 1 heterocycles. The molecule has 5 heteroatoms. The molecule has 2 atom stereocenters. The first kappa shape index (κ1) is 8.38. The van der Waals surface area contributed by atoms with Gasteiger partial charge < -0.3 is 9.29 Å². The highest BCUT2D eigenvalue weighted by atomic mass is 32.2. The Kier molecular flexibility index (Phi) is 2.62. The molecule has 0 bridgehead atoms. The largest absolute Gasteiger partial charge is 0.364 e. The number of hydrogen-bond acceptors (Lipinski definition) is 2. The van der Waals surface area contributed by atoms with Gasteiger partial charge in [-0.15, -0.1) is 0 Å². The zero-order chi connectivity index (χ0) is 7.61. The fraction of sp³-hybridized carbons (Fsp3) is 1.00. The second-order valence-electron chi connectivity index (χ2n) is 2.69. The molecule has 1 aliphatic heterocycles. The van der Waals surface area contributed by atoms with Crippen LogP contribution in [-0.2, 0) is 15.8 Å². The van der Waals surface area contributed by atoms with Crippen LogP contribution >= 0.6 is 0 Å². The van der Waals surface area contributed by atoms with E-state index in [-0.39, 0.29) is 0 Å². The van der Waals surface area contributed by atoms with Crippen LogP contribution in [0.3, 0.4) is 0 Å². The van der Waals surface area contributed by atoms with Crippen LogP contribution in [0.4, 0.5) is 0 Å². The Morgan fingerprint density at radius 2 is 2.30 bits per heavy atom. The van der Waals surface area contributed by atoms with Gasteiger partial charge in [-0.05, 0) is 19.3 Å². The standard InChI is InChI=1S/C5H12O3SSi/c6-9(7)5(10)3-1-2-4-8-5/h1-4H2,10H3,(H,6,7). The van der Waals surface area contributed by atoms with Gasteiger partial charge in [-0.3, -0.25) is 0 Å². The smallest absolute Gasteiger partial charge is 0.181 e. The molecule has 1 aliphatic rings. The van der Waals surface area contributed by atoms with E-state index in [1.165, 1.54) is 0 Å². The molecular formula is C5H12O3SSi. The molecule has 1 N–H and O–H groups in total. The Labute approximate surface area is 65.9 Å². The van der Waals surface area contributed by atoms with Gasteiger partial charge in [0.2, 0.25) is 0 Å². The zero-order valence-corrected chi connectivity index (χ0v) is 8.82. The minimum absolute atomic E-state index is 0.642. The zero-order valence-electron chi connectivity index (χ0n) is 6.00. The van der Waals surface area contributed by atoms with Gasteiger partial charge >= 0.3 is 0 Å². The second kappa shape index (κ2) is 3.12. The van der Waals surface area contributed by atoms with Gasteiger partial charge in [0.25, 0.3) is 0 Å². The lowest BCUT2D eigenvalue weighted by molar-refractivity contribution is 0.0363. The lowest BCUT2D eigenvalue weighted by Gasteiger charge is -2.30. The summed E-state index contributed by atoms with van der Waals surface area (Å²) in [6.45, 7) is 0.649. The van der Waals surface area contributed by atoms with E-state index in [2.05, 4.69) is 0 Å². The van der Waals surface area contributed by atoms with Crippen LogP contribution in [0.2, 0.25) is 0 Å². The van der Waals surface area contributed by atoms with E-state index < -0.39 is 15.6 Å². The maximum absolute atomic E-state index is 10.7. The highest BCUT2D eigenvalue weighted by molar-refractivity contribution is 7.82. The maximum Gasteiger partial charge on any atom is 0.181 e. The highest BCUT2D eigenvalue weighted by Gasteiger charge is 2.33. The third-order valence-corrected chi connectivity index (χ3v) is 4.70. The summed E-state index contributed by atoms with van der Waals surface area (Å²) in [5, 5.41) is 0. The summed E-state index contributed by atoms with van der Waals surface area (Å²) >= 11 is -1.78. The van der Waals surface area contributed by atoms with Crippen molar-refractivity contribution in [2.75, 3.05) is 6.61 Å². The van der Waals surface area contributed by atoms with Gasteiger partial charge in [-0.25, -0.2) is 4.21 Å².